The van der Waals surface area contributed by atoms with Crippen LogP contribution in [0.3, 0.4) is 0 Å². The van der Waals surface area contributed by atoms with E-state index in [9.17, 15) is 4.39 Å². The Labute approximate surface area is 103 Å². The Kier molecular flexibility index (Phi) is 6.16. The van der Waals surface area contributed by atoms with Gasteiger partial charge in [-0.25, -0.2) is 4.39 Å². The van der Waals surface area contributed by atoms with Crippen LogP contribution in [0, 0.1) is 12.7 Å². The fraction of sp³-hybridized carbons (Fsp3) is 0.571. The second-order valence-corrected chi connectivity index (χ2v) is 4.24. The minimum atomic E-state index is -0.180. The SMILES string of the molecule is CCCOCCC(NC)c1cc(F)ccc1C. The first kappa shape index (κ1) is 14.1. The lowest BCUT2D eigenvalue weighted by molar-refractivity contribution is 0.125. The largest absolute Gasteiger partial charge is 0.381 e. The molecule has 1 aromatic rings. The number of ether oxygens (including phenoxy) is 1. The molecule has 0 bridgehead atoms. The average Bonchev–Trinajstić information content (AvgIpc) is 2.33. The fourth-order valence-corrected chi connectivity index (χ4v) is 1.89. The third kappa shape index (κ3) is 4.44. The smallest absolute Gasteiger partial charge is 0.123 e. The molecule has 0 amide bonds. The fourth-order valence-electron chi connectivity index (χ4n) is 1.89. The van der Waals surface area contributed by atoms with E-state index in [1.807, 2.05) is 20.0 Å². The molecule has 96 valence electrons. The molecule has 0 aliphatic heterocycles. The van der Waals surface area contributed by atoms with E-state index in [2.05, 4.69) is 12.2 Å². The van der Waals surface area contributed by atoms with Crippen LogP contribution in [0.2, 0.25) is 0 Å². The summed E-state index contributed by atoms with van der Waals surface area (Å²) in [6, 6.07) is 5.08. The minimum absolute atomic E-state index is 0.155. The third-order valence-electron chi connectivity index (χ3n) is 2.86. The van der Waals surface area contributed by atoms with Crippen molar-refractivity contribution in [3.05, 3.63) is 35.1 Å². The zero-order valence-electron chi connectivity index (χ0n) is 10.9. The van der Waals surface area contributed by atoms with Crippen LogP contribution in [0.5, 0.6) is 0 Å². The van der Waals surface area contributed by atoms with Crippen molar-refractivity contribution >= 4 is 0 Å². The zero-order valence-corrected chi connectivity index (χ0v) is 10.9. The molecule has 1 unspecified atom stereocenters. The second-order valence-electron chi connectivity index (χ2n) is 4.24. The highest BCUT2D eigenvalue weighted by Gasteiger charge is 2.12. The van der Waals surface area contributed by atoms with Gasteiger partial charge in [0.25, 0.3) is 0 Å². The maximum atomic E-state index is 13.2. The number of benzene rings is 1. The van der Waals surface area contributed by atoms with Crippen molar-refractivity contribution in [2.75, 3.05) is 20.3 Å². The van der Waals surface area contributed by atoms with E-state index in [1.165, 1.54) is 6.07 Å². The molecule has 1 atom stereocenters. The maximum absolute atomic E-state index is 13.2. The quantitative estimate of drug-likeness (QED) is 0.738. The van der Waals surface area contributed by atoms with Gasteiger partial charge in [-0.2, -0.15) is 0 Å². The van der Waals surface area contributed by atoms with E-state index in [-0.39, 0.29) is 11.9 Å². The Balaban J connectivity index is 2.62. The summed E-state index contributed by atoms with van der Waals surface area (Å²) in [4.78, 5) is 0. The normalized spacial score (nSPS) is 12.7. The standard InChI is InChI=1S/C14H22FNO/c1-4-8-17-9-7-14(16-3)13-10-12(15)6-5-11(13)2/h5-6,10,14,16H,4,7-9H2,1-3H3. The van der Waals surface area contributed by atoms with Crippen LogP contribution in [0.25, 0.3) is 0 Å². The summed E-state index contributed by atoms with van der Waals surface area (Å²) >= 11 is 0. The van der Waals surface area contributed by atoms with Gasteiger partial charge in [0.05, 0.1) is 0 Å². The van der Waals surface area contributed by atoms with E-state index in [0.717, 1.165) is 30.6 Å². The highest BCUT2D eigenvalue weighted by Crippen LogP contribution is 2.21. The third-order valence-corrected chi connectivity index (χ3v) is 2.86. The molecular weight excluding hydrogens is 217 g/mol. The number of hydrogen-bond acceptors (Lipinski definition) is 2. The monoisotopic (exact) mass is 239 g/mol. The van der Waals surface area contributed by atoms with Crippen molar-refractivity contribution < 1.29 is 9.13 Å². The minimum Gasteiger partial charge on any atom is -0.381 e. The lowest BCUT2D eigenvalue weighted by atomic mass is 9.99. The van der Waals surface area contributed by atoms with E-state index in [4.69, 9.17) is 4.74 Å². The van der Waals surface area contributed by atoms with Crippen LogP contribution in [0.15, 0.2) is 18.2 Å². The molecule has 1 N–H and O–H groups in total. The summed E-state index contributed by atoms with van der Waals surface area (Å²) in [5, 5.41) is 3.22. The lowest BCUT2D eigenvalue weighted by Gasteiger charge is -2.19. The van der Waals surface area contributed by atoms with Crippen LogP contribution in [-0.2, 0) is 4.74 Å². The first-order chi connectivity index (χ1) is 8.19. The molecule has 2 nitrogen and oxygen atoms in total. The number of nitrogens with one attached hydrogen (secondary N) is 1. The van der Waals surface area contributed by atoms with E-state index in [0.29, 0.717) is 6.61 Å². The van der Waals surface area contributed by atoms with Gasteiger partial charge in [0.2, 0.25) is 0 Å². The summed E-state index contributed by atoms with van der Waals surface area (Å²) < 4.78 is 18.7. The first-order valence-electron chi connectivity index (χ1n) is 6.20. The lowest BCUT2D eigenvalue weighted by Crippen LogP contribution is -2.19. The van der Waals surface area contributed by atoms with Crippen molar-refractivity contribution in [3.8, 4) is 0 Å². The van der Waals surface area contributed by atoms with E-state index < -0.39 is 0 Å². The molecule has 0 heterocycles. The molecular formula is C14H22FNO. The molecule has 1 rings (SSSR count). The van der Waals surface area contributed by atoms with Crippen LogP contribution < -0.4 is 5.32 Å². The topological polar surface area (TPSA) is 21.3 Å². The van der Waals surface area contributed by atoms with Gasteiger partial charge in [-0.05, 0) is 50.1 Å². The van der Waals surface area contributed by atoms with Crippen molar-refractivity contribution in [2.24, 2.45) is 0 Å². The Morgan fingerprint density at radius 2 is 2.12 bits per heavy atom. The van der Waals surface area contributed by atoms with Gasteiger partial charge in [0.15, 0.2) is 0 Å². The average molecular weight is 239 g/mol. The van der Waals surface area contributed by atoms with Gasteiger partial charge < -0.3 is 10.1 Å². The van der Waals surface area contributed by atoms with Gasteiger partial charge >= 0.3 is 0 Å². The summed E-state index contributed by atoms with van der Waals surface area (Å²) in [7, 11) is 1.90. The molecule has 0 saturated carbocycles. The number of halogens is 1. The Morgan fingerprint density at radius 3 is 2.76 bits per heavy atom. The summed E-state index contributed by atoms with van der Waals surface area (Å²) in [5.74, 6) is -0.180. The van der Waals surface area contributed by atoms with Crippen LogP contribution in [-0.4, -0.2) is 20.3 Å². The summed E-state index contributed by atoms with van der Waals surface area (Å²) in [6.45, 7) is 5.59. The molecule has 0 aliphatic carbocycles. The van der Waals surface area contributed by atoms with Gasteiger partial charge in [0.1, 0.15) is 5.82 Å². The number of hydrogen-bond donors (Lipinski definition) is 1. The number of aryl methyl sites for hydroxylation is 1. The molecule has 0 fully saturated rings. The second kappa shape index (κ2) is 7.41. The van der Waals surface area contributed by atoms with Crippen molar-refractivity contribution in [1.82, 2.24) is 5.32 Å². The van der Waals surface area contributed by atoms with Crippen LogP contribution >= 0.6 is 0 Å². The summed E-state index contributed by atoms with van der Waals surface area (Å²) in [5.41, 5.74) is 2.13. The molecule has 0 spiro atoms. The van der Waals surface area contributed by atoms with Gasteiger partial charge in [-0.15, -0.1) is 0 Å². The van der Waals surface area contributed by atoms with Crippen molar-refractivity contribution in [3.63, 3.8) is 0 Å². The van der Waals surface area contributed by atoms with Crippen LogP contribution in [0.1, 0.15) is 36.9 Å². The van der Waals surface area contributed by atoms with Crippen molar-refractivity contribution in [1.29, 1.82) is 0 Å². The summed E-state index contributed by atoms with van der Waals surface area (Å²) in [6.07, 6.45) is 1.89. The molecule has 0 radical (unpaired) electrons. The Bertz CT molecular complexity index is 341. The van der Waals surface area contributed by atoms with Gasteiger partial charge in [-0.3, -0.25) is 0 Å². The molecule has 17 heavy (non-hydrogen) atoms. The predicted octanol–water partition coefficient (Wildman–Crippen LogP) is 3.21. The highest BCUT2D eigenvalue weighted by molar-refractivity contribution is 5.29. The molecule has 0 aromatic heterocycles. The highest BCUT2D eigenvalue weighted by atomic mass is 19.1. The number of rotatable bonds is 7. The van der Waals surface area contributed by atoms with Crippen LogP contribution in [0.4, 0.5) is 4.39 Å². The maximum Gasteiger partial charge on any atom is 0.123 e. The molecule has 1 aromatic carbocycles. The molecule has 0 saturated heterocycles. The zero-order chi connectivity index (χ0) is 12.7. The van der Waals surface area contributed by atoms with E-state index >= 15 is 0 Å². The predicted molar refractivity (Wildman–Crippen MR) is 68.7 cm³/mol. The Morgan fingerprint density at radius 1 is 1.35 bits per heavy atom. The van der Waals surface area contributed by atoms with Gasteiger partial charge in [-0.1, -0.05) is 13.0 Å². The van der Waals surface area contributed by atoms with E-state index in [1.54, 1.807) is 6.07 Å². The molecule has 3 heteroatoms. The Hall–Kier alpha value is -0.930. The van der Waals surface area contributed by atoms with Crippen molar-refractivity contribution in [2.45, 2.75) is 32.7 Å². The van der Waals surface area contributed by atoms with Gasteiger partial charge in [0, 0.05) is 19.3 Å². The molecule has 0 aliphatic rings. The first-order valence-corrected chi connectivity index (χ1v) is 6.20.